The summed E-state index contributed by atoms with van der Waals surface area (Å²) in [6.45, 7) is 5.74. The van der Waals surface area contributed by atoms with Gasteiger partial charge in [0.15, 0.2) is 0 Å². The zero-order chi connectivity index (χ0) is 15.1. The second kappa shape index (κ2) is 7.63. The van der Waals surface area contributed by atoms with Crippen LogP contribution in [0.25, 0.3) is 10.8 Å². The molecule has 1 atom stereocenters. The number of amides is 1. The molecule has 0 aliphatic heterocycles. The Morgan fingerprint density at radius 3 is 2.76 bits per heavy atom. The molecule has 0 fully saturated rings. The molecule has 0 aliphatic rings. The van der Waals surface area contributed by atoms with E-state index in [2.05, 4.69) is 36.2 Å². The van der Waals surface area contributed by atoms with Crippen LogP contribution in [0.3, 0.4) is 0 Å². The van der Waals surface area contributed by atoms with Crippen LogP contribution < -0.4 is 5.32 Å². The molecule has 1 amide bonds. The van der Waals surface area contributed by atoms with Gasteiger partial charge in [0.25, 0.3) is 0 Å². The van der Waals surface area contributed by atoms with Crippen molar-refractivity contribution in [2.24, 2.45) is 0 Å². The highest BCUT2D eigenvalue weighted by molar-refractivity contribution is 5.86. The van der Waals surface area contributed by atoms with Gasteiger partial charge in [0.05, 0.1) is 6.04 Å². The number of hydrogen-bond donors (Lipinski definition) is 1. The van der Waals surface area contributed by atoms with Gasteiger partial charge in [-0.25, -0.2) is 0 Å². The Morgan fingerprint density at radius 2 is 1.95 bits per heavy atom. The molecule has 0 bridgehead atoms. The Bertz CT molecular complexity index is 612. The van der Waals surface area contributed by atoms with Gasteiger partial charge in [-0.1, -0.05) is 48.5 Å². The summed E-state index contributed by atoms with van der Waals surface area (Å²) in [4.78, 5) is 12.0. The molecule has 2 aromatic carbocycles. The molecule has 1 unspecified atom stereocenters. The van der Waals surface area contributed by atoms with E-state index in [4.69, 9.17) is 0 Å². The number of hydrogen-bond acceptors (Lipinski definition) is 1. The average Bonchev–Trinajstić information content (AvgIpc) is 2.51. The summed E-state index contributed by atoms with van der Waals surface area (Å²) in [5.41, 5.74) is 1.17. The van der Waals surface area contributed by atoms with Crippen molar-refractivity contribution in [3.63, 3.8) is 0 Å². The van der Waals surface area contributed by atoms with E-state index in [9.17, 15) is 4.79 Å². The molecule has 2 nitrogen and oxygen atoms in total. The van der Waals surface area contributed by atoms with Crippen molar-refractivity contribution in [3.05, 3.63) is 60.7 Å². The van der Waals surface area contributed by atoms with Gasteiger partial charge in [-0.2, -0.15) is 0 Å². The van der Waals surface area contributed by atoms with Crippen LogP contribution in [-0.2, 0) is 4.79 Å². The molecule has 0 saturated heterocycles. The minimum absolute atomic E-state index is 0.0306. The summed E-state index contributed by atoms with van der Waals surface area (Å²) >= 11 is 0. The smallest absolute Gasteiger partial charge is 0.220 e. The van der Waals surface area contributed by atoms with Crippen LogP contribution in [0.4, 0.5) is 0 Å². The maximum Gasteiger partial charge on any atom is 0.220 e. The van der Waals surface area contributed by atoms with E-state index in [1.807, 2.05) is 31.2 Å². The van der Waals surface area contributed by atoms with Gasteiger partial charge < -0.3 is 5.32 Å². The van der Waals surface area contributed by atoms with Gasteiger partial charge in [-0.3, -0.25) is 4.79 Å². The van der Waals surface area contributed by atoms with Crippen LogP contribution in [0.15, 0.2) is 55.1 Å². The molecular formula is C19H23NO. The molecule has 2 aromatic rings. The largest absolute Gasteiger partial charge is 0.350 e. The maximum atomic E-state index is 12.0. The summed E-state index contributed by atoms with van der Waals surface area (Å²) in [5, 5.41) is 5.52. The van der Waals surface area contributed by atoms with Crippen LogP contribution in [0.1, 0.15) is 44.2 Å². The first-order valence-electron chi connectivity index (χ1n) is 7.60. The number of carbonyl (C=O) groups is 1. The van der Waals surface area contributed by atoms with Gasteiger partial charge in [0, 0.05) is 6.42 Å². The predicted molar refractivity (Wildman–Crippen MR) is 89.2 cm³/mol. The van der Waals surface area contributed by atoms with E-state index in [0.717, 1.165) is 19.3 Å². The molecule has 2 rings (SSSR count). The fourth-order valence-electron chi connectivity index (χ4n) is 2.59. The summed E-state index contributed by atoms with van der Waals surface area (Å²) in [6.07, 6.45) is 5.41. The minimum Gasteiger partial charge on any atom is -0.350 e. The Hall–Kier alpha value is -2.09. The van der Waals surface area contributed by atoms with E-state index in [1.54, 1.807) is 0 Å². The van der Waals surface area contributed by atoms with Gasteiger partial charge in [-0.15, -0.1) is 6.58 Å². The van der Waals surface area contributed by atoms with E-state index >= 15 is 0 Å². The Kier molecular flexibility index (Phi) is 5.56. The molecule has 0 radical (unpaired) electrons. The summed E-state index contributed by atoms with van der Waals surface area (Å²) in [6, 6.07) is 14.5. The highest BCUT2D eigenvalue weighted by atomic mass is 16.1. The van der Waals surface area contributed by atoms with E-state index < -0.39 is 0 Å². The molecule has 0 heterocycles. The number of fused-ring (bicyclic) bond motifs is 1. The van der Waals surface area contributed by atoms with E-state index in [-0.39, 0.29) is 11.9 Å². The molecule has 0 aromatic heterocycles. The highest BCUT2D eigenvalue weighted by Gasteiger charge is 2.11. The fourth-order valence-corrected chi connectivity index (χ4v) is 2.59. The van der Waals surface area contributed by atoms with Crippen molar-refractivity contribution >= 4 is 16.7 Å². The molecule has 0 aliphatic carbocycles. The normalized spacial score (nSPS) is 12.0. The van der Waals surface area contributed by atoms with Crippen molar-refractivity contribution in [1.82, 2.24) is 5.32 Å². The SMILES string of the molecule is C=CCCCCC(=O)NC(C)c1cccc2ccccc12. The second-order valence-electron chi connectivity index (χ2n) is 5.39. The highest BCUT2D eigenvalue weighted by Crippen LogP contribution is 2.24. The number of unbranched alkanes of at least 4 members (excludes halogenated alkanes) is 2. The molecule has 2 heteroatoms. The zero-order valence-corrected chi connectivity index (χ0v) is 12.6. The van der Waals surface area contributed by atoms with Crippen molar-refractivity contribution in [2.45, 2.75) is 38.6 Å². The summed E-state index contributed by atoms with van der Waals surface area (Å²) in [5.74, 6) is 0.125. The van der Waals surface area contributed by atoms with Crippen molar-refractivity contribution in [1.29, 1.82) is 0 Å². The number of carbonyl (C=O) groups excluding carboxylic acids is 1. The quantitative estimate of drug-likeness (QED) is 0.575. The van der Waals surface area contributed by atoms with Crippen LogP contribution in [0, 0.1) is 0 Å². The average molecular weight is 281 g/mol. The Labute approximate surface area is 126 Å². The summed E-state index contributed by atoms with van der Waals surface area (Å²) in [7, 11) is 0. The topological polar surface area (TPSA) is 29.1 Å². The molecule has 21 heavy (non-hydrogen) atoms. The number of nitrogens with one attached hydrogen (secondary N) is 1. The maximum absolute atomic E-state index is 12.0. The number of benzene rings is 2. The number of rotatable bonds is 7. The molecule has 110 valence electrons. The van der Waals surface area contributed by atoms with E-state index in [1.165, 1.54) is 16.3 Å². The lowest BCUT2D eigenvalue weighted by molar-refractivity contribution is -0.121. The third-order valence-corrected chi connectivity index (χ3v) is 3.73. The third kappa shape index (κ3) is 4.19. The molecule has 0 spiro atoms. The van der Waals surface area contributed by atoms with E-state index in [0.29, 0.717) is 6.42 Å². The van der Waals surface area contributed by atoms with Crippen LogP contribution in [0.2, 0.25) is 0 Å². The standard InChI is InChI=1S/C19H23NO/c1-3-4-5-6-14-19(21)20-15(2)17-13-9-11-16-10-7-8-12-18(16)17/h3,7-13,15H,1,4-6,14H2,2H3,(H,20,21). The van der Waals surface area contributed by atoms with Gasteiger partial charge in [-0.05, 0) is 42.5 Å². The van der Waals surface area contributed by atoms with Crippen LogP contribution in [0.5, 0.6) is 0 Å². The number of allylic oxidation sites excluding steroid dienone is 1. The fraction of sp³-hybridized carbons (Fsp3) is 0.316. The van der Waals surface area contributed by atoms with Crippen LogP contribution >= 0.6 is 0 Å². The monoisotopic (exact) mass is 281 g/mol. The van der Waals surface area contributed by atoms with Crippen molar-refractivity contribution < 1.29 is 4.79 Å². The first-order valence-corrected chi connectivity index (χ1v) is 7.60. The lowest BCUT2D eigenvalue weighted by atomic mass is 9.99. The van der Waals surface area contributed by atoms with Gasteiger partial charge in [0.1, 0.15) is 0 Å². The lowest BCUT2D eigenvalue weighted by Gasteiger charge is -2.16. The third-order valence-electron chi connectivity index (χ3n) is 3.73. The van der Waals surface area contributed by atoms with Gasteiger partial charge in [0.2, 0.25) is 5.91 Å². The second-order valence-corrected chi connectivity index (χ2v) is 5.39. The summed E-state index contributed by atoms with van der Waals surface area (Å²) < 4.78 is 0. The zero-order valence-electron chi connectivity index (χ0n) is 12.6. The molecular weight excluding hydrogens is 258 g/mol. The lowest BCUT2D eigenvalue weighted by Crippen LogP contribution is -2.26. The Balaban J connectivity index is 2.00. The van der Waals surface area contributed by atoms with Gasteiger partial charge >= 0.3 is 0 Å². The van der Waals surface area contributed by atoms with Crippen molar-refractivity contribution in [3.8, 4) is 0 Å². The molecule has 0 saturated carbocycles. The Morgan fingerprint density at radius 1 is 1.19 bits per heavy atom. The minimum atomic E-state index is 0.0306. The first kappa shape index (κ1) is 15.3. The molecule has 1 N–H and O–H groups in total. The first-order chi connectivity index (χ1) is 10.2. The predicted octanol–water partition coefficient (Wildman–Crippen LogP) is 4.76. The van der Waals surface area contributed by atoms with Crippen molar-refractivity contribution in [2.75, 3.05) is 0 Å². The van der Waals surface area contributed by atoms with Crippen LogP contribution in [-0.4, -0.2) is 5.91 Å².